The number of carbonyl (C=O) groups excluding carboxylic acids is 2. The van der Waals surface area contributed by atoms with Crippen molar-refractivity contribution in [2.45, 2.75) is 167 Å². The molecule has 202 valence electrons. The summed E-state index contributed by atoms with van der Waals surface area (Å²) in [5.74, 6) is -0.654. The second kappa shape index (κ2) is 25.0. The van der Waals surface area contributed by atoms with Gasteiger partial charge in [-0.05, 0) is 12.8 Å². The van der Waals surface area contributed by atoms with Crippen molar-refractivity contribution in [1.82, 2.24) is 5.32 Å². The van der Waals surface area contributed by atoms with Crippen LogP contribution in [-0.4, -0.2) is 31.1 Å². The molecule has 0 bridgehead atoms. The number of unbranched alkanes of at least 4 members (excludes halogenated alkanes) is 18. The largest absolute Gasteiger partial charge is 0.468 e. The number of amides is 1. The molecule has 0 heterocycles. The molecule has 0 saturated carbocycles. The molecule has 0 aromatic carbocycles. The Morgan fingerprint density at radius 2 is 0.912 bits per heavy atom. The number of esters is 1. The summed E-state index contributed by atoms with van der Waals surface area (Å²) in [6, 6.07) is -0.902. The van der Waals surface area contributed by atoms with Gasteiger partial charge in [0.2, 0.25) is 5.91 Å². The highest BCUT2D eigenvalue weighted by molar-refractivity contribution is 5.82. The van der Waals surface area contributed by atoms with E-state index in [4.69, 9.17) is 10.5 Å². The molecule has 3 N–H and O–H groups in total. The van der Waals surface area contributed by atoms with Crippen LogP contribution < -0.4 is 11.1 Å². The van der Waals surface area contributed by atoms with E-state index >= 15 is 0 Å². The zero-order valence-corrected chi connectivity index (χ0v) is 23.0. The molecule has 0 spiro atoms. The number of methoxy groups -OCH3 is 1. The molecule has 0 fully saturated rings. The van der Waals surface area contributed by atoms with Gasteiger partial charge in [0.15, 0.2) is 0 Å². The van der Waals surface area contributed by atoms with Gasteiger partial charge in [0.25, 0.3) is 0 Å². The summed E-state index contributed by atoms with van der Waals surface area (Å²) in [5.41, 5.74) is 5.65. The topological polar surface area (TPSA) is 81.4 Å². The zero-order chi connectivity index (χ0) is 25.3. The average Bonchev–Trinajstić information content (AvgIpc) is 2.83. The first-order chi connectivity index (χ1) is 16.6. The summed E-state index contributed by atoms with van der Waals surface area (Å²) in [4.78, 5) is 24.3. The number of primary amides is 1. The van der Waals surface area contributed by atoms with Crippen molar-refractivity contribution in [1.29, 1.82) is 0 Å². The van der Waals surface area contributed by atoms with Crippen LogP contribution >= 0.6 is 0 Å². The third kappa shape index (κ3) is 20.3. The van der Waals surface area contributed by atoms with Crippen LogP contribution in [-0.2, 0) is 14.3 Å². The molecular formula is C29H58N2O3. The first-order valence-corrected chi connectivity index (χ1v) is 14.7. The van der Waals surface area contributed by atoms with Crippen LogP contribution in [0.1, 0.15) is 155 Å². The summed E-state index contributed by atoms with van der Waals surface area (Å²) in [6.45, 7) is 4.50. The van der Waals surface area contributed by atoms with Gasteiger partial charge in [-0.25, -0.2) is 0 Å². The Morgan fingerprint density at radius 1 is 0.588 bits per heavy atom. The van der Waals surface area contributed by atoms with Gasteiger partial charge in [-0.15, -0.1) is 0 Å². The highest BCUT2D eigenvalue weighted by atomic mass is 16.5. The van der Waals surface area contributed by atoms with E-state index in [1.165, 1.54) is 110 Å². The minimum Gasteiger partial charge on any atom is -0.468 e. The van der Waals surface area contributed by atoms with E-state index in [2.05, 4.69) is 19.2 Å². The van der Waals surface area contributed by atoms with Crippen molar-refractivity contribution in [2.75, 3.05) is 7.11 Å². The lowest BCUT2D eigenvalue weighted by Gasteiger charge is -2.22. The summed E-state index contributed by atoms with van der Waals surface area (Å²) in [7, 11) is 1.41. The molecule has 0 aromatic heterocycles. The Morgan fingerprint density at radius 3 is 1.24 bits per heavy atom. The molecule has 0 saturated heterocycles. The second-order valence-electron chi connectivity index (χ2n) is 10.1. The smallest absolute Gasteiger partial charge is 0.322 e. The van der Waals surface area contributed by atoms with Crippen molar-refractivity contribution in [3.05, 3.63) is 0 Å². The summed E-state index contributed by atoms with van der Waals surface area (Å²) in [5, 5.41) is 3.22. The lowest BCUT2D eigenvalue weighted by Crippen LogP contribution is -2.49. The number of hydrogen-bond donors (Lipinski definition) is 2. The third-order valence-corrected chi connectivity index (χ3v) is 6.92. The van der Waals surface area contributed by atoms with E-state index in [0.29, 0.717) is 12.8 Å². The fourth-order valence-electron chi connectivity index (χ4n) is 4.63. The Labute approximate surface area is 211 Å². The third-order valence-electron chi connectivity index (χ3n) is 6.92. The maximum absolute atomic E-state index is 12.3. The molecule has 5 nitrogen and oxygen atoms in total. The maximum Gasteiger partial charge on any atom is 0.322 e. The minimum atomic E-state index is -0.457. The molecule has 0 rings (SSSR count). The van der Waals surface area contributed by atoms with Crippen LogP contribution in [0, 0.1) is 0 Å². The Bertz CT molecular complexity index is 470. The van der Waals surface area contributed by atoms with Crippen molar-refractivity contribution in [3.8, 4) is 0 Å². The van der Waals surface area contributed by atoms with E-state index < -0.39 is 12.1 Å². The van der Waals surface area contributed by atoms with E-state index in [9.17, 15) is 9.59 Å². The second-order valence-corrected chi connectivity index (χ2v) is 10.1. The maximum atomic E-state index is 12.3. The normalized spacial score (nSPS) is 13.0. The van der Waals surface area contributed by atoms with Crippen molar-refractivity contribution in [2.24, 2.45) is 5.73 Å². The van der Waals surface area contributed by atoms with Gasteiger partial charge in [0.1, 0.15) is 6.04 Å². The number of nitrogens with two attached hydrogens (primary N) is 1. The molecular weight excluding hydrogens is 424 g/mol. The van der Waals surface area contributed by atoms with Gasteiger partial charge in [0.05, 0.1) is 13.2 Å². The van der Waals surface area contributed by atoms with Crippen molar-refractivity contribution < 1.29 is 14.3 Å². The summed E-state index contributed by atoms with van der Waals surface area (Å²) in [6.07, 6.45) is 26.5. The molecule has 1 amide bonds. The molecule has 0 aromatic rings. The number of rotatable bonds is 26. The monoisotopic (exact) mass is 482 g/mol. The van der Waals surface area contributed by atoms with Crippen molar-refractivity contribution in [3.63, 3.8) is 0 Å². The van der Waals surface area contributed by atoms with Crippen LogP contribution in [0.3, 0.4) is 0 Å². The predicted octanol–water partition coefficient (Wildman–Crippen LogP) is 7.59. The van der Waals surface area contributed by atoms with Gasteiger partial charge < -0.3 is 10.5 Å². The highest BCUT2D eigenvalue weighted by Gasteiger charge is 2.25. The van der Waals surface area contributed by atoms with E-state index in [1.54, 1.807) is 0 Å². The average molecular weight is 483 g/mol. The number of ether oxygens (including phenoxy) is 1. The fraction of sp³-hybridized carbons (Fsp3) is 0.931. The van der Waals surface area contributed by atoms with Crippen LogP contribution in [0.4, 0.5) is 0 Å². The van der Waals surface area contributed by atoms with Gasteiger partial charge in [0, 0.05) is 0 Å². The minimum absolute atomic E-state index is 0.287. The molecule has 0 aliphatic rings. The lowest BCUT2D eigenvalue weighted by molar-refractivity contribution is -0.143. The first kappa shape index (κ1) is 32.9. The van der Waals surface area contributed by atoms with Gasteiger partial charge in [-0.1, -0.05) is 142 Å². The summed E-state index contributed by atoms with van der Waals surface area (Å²) < 4.78 is 4.99. The predicted molar refractivity (Wildman–Crippen MR) is 145 cm³/mol. The molecule has 2 unspecified atom stereocenters. The van der Waals surface area contributed by atoms with Crippen LogP contribution in [0.25, 0.3) is 0 Å². The lowest BCUT2D eigenvalue weighted by atomic mass is 10.0. The number of carbonyl (C=O) groups is 2. The molecule has 0 aliphatic carbocycles. The van der Waals surface area contributed by atoms with Gasteiger partial charge >= 0.3 is 5.97 Å². The standard InChI is InChI=1S/C29H58N2O3/c1-4-6-8-10-12-14-16-18-20-22-24-26(28(30)32)31-27(29(33)34-3)25-23-21-19-17-15-13-11-9-7-5-2/h26-27,31H,4-25H2,1-3H3,(H2,30,32). The van der Waals surface area contributed by atoms with Gasteiger partial charge in [-0.2, -0.15) is 0 Å². The van der Waals surface area contributed by atoms with E-state index in [-0.39, 0.29) is 11.9 Å². The quantitative estimate of drug-likeness (QED) is 0.0982. The van der Waals surface area contributed by atoms with Gasteiger partial charge in [-0.3, -0.25) is 14.9 Å². The summed E-state index contributed by atoms with van der Waals surface area (Å²) >= 11 is 0. The Kier molecular flexibility index (Phi) is 24.2. The molecule has 5 heteroatoms. The number of hydrogen-bond acceptors (Lipinski definition) is 4. The molecule has 2 atom stereocenters. The number of nitrogens with one attached hydrogen (secondary N) is 1. The Hall–Kier alpha value is -1.10. The fourth-order valence-corrected chi connectivity index (χ4v) is 4.63. The first-order valence-electron chi connectivity index (χ1n) is 14.7. The zero-order valence-electron chi connectivity index (χ0n) is 23.0. The highest BCUT2D eigenvalue weighted by Crippen LogP contribution is 2.15. The van der Waals surface area contributed by atoms with E-state index in [1.807, 2.05) is 0 Å². The van der Waals surface area contributed by atoms with Crippen LogP contribution in [0.2, 0.25) is 0 Å². The SMILES string of the molecule is CCCCCCCCCCCCC(NC(CCCCCCCCCCCC)C(=O)OC)C(N)=O. The van der Waals surface area contributed by atoms with E-state index in [0.717, 1.165) is 25.7 Å². The van der Waals surface area contributed by atoms with Crippen LogP contribution in [0.5, 0.6) is 0 Å². The molecule has 34 heavy (non-hydrogen) atoms. The Balaban J connectivity index is 4.06. The van der Waals surface area contributed by atoms with Crippen molar-refractivity contribution >= 4 is 11.9 Å². The molecule has 0 aliphatic heterocycles. The molecule has 0 radical (unpaired) electrons. The van der Waals surface area contributed by atoms with Crippen LogP contribution in [0.15, 0.2) is 0 Å².